The number of nitrogens with two attached hydrogens (primary N) is 1. The van der Waals surface area contributed by atoms with Gasteiger partial charge in [-0.2, -0.15) is 0 Å². The van der Waals surface area contributed by atoms with E-state index in [1.54, 1.807) is 6.07 Å². The van der Waals surface area contributed by atoms with E-state index in [9.17, 15) is 0 Å². The Morgan fingerprint density at radius 1 is 1.45 bits per heavy atom. The smallest absolute Gasteiger partial charge is 0.0696 e. The predicted molar refractivity (Wildman–Crippen MR) is 45.3 cm³/mol. The lowest BCUT2D eigenvalue weighted by Crippen LogP contribution is -1.97. The van der Waals surface area contributed by atoms with Crippen molar-refractivity contribution >= 4 is 11.6 Å². The molecule has 1 rings (SSSR count). The summed E-state index contributed by atoms with van der Waals surface area (Å²) in [6.45, 7) is 0.441. The van der Waals surface area contributed by atoms with Crippen LogP contribution in [0.4, 0.5) is 0 Å². The highest BCUT2D eigenvalue weighted by molar-refractivity contribution is 6.31. The molecule has 0 saturated heterocycles. The molecule has 0 radical (unpaired) electrons. The molecule has 0 unspecified atom stereocenters. The van der Waals surface area contributed by atoms with Crippen LogP contribution in [0.25, 0.3) is 0 Å². The van der Waals surface area contributed by atoms with Gasteiger partial charge >= 0.3 is 0 Å². The topological polar surface area (TPSA) is 46.2 Å². The van der Waals surface area contributed by atoms with Crippen LogP contribution in [0.15, 0.2) is 18.2 Å². The van der Waals surface area contributed by atoms with Gasteiger partial charge in [0, 0.05) is 11.6 Å². The van der Waals surface area contributed by atoms with Crippen LogP contribution in [0.3, 0.4) is 0 Å². The molecule has 2 nitrogen and oxygen atoms in total. The minimum absolute atomic E-state index is 0.0350. The molecule has 0 heterocycles. The first-order chi connectivity index (χ1) is 5.27. The van der Waals surface area contributed by atoms with Crippen molar-refractivity contribution in [3.8, 4) is 0 Å². The summed E-state index contributed by atoms with van der Waals surface area (Å²) in [5, 5.41) is 9.40. The van der Waals surface area contributed by atoms with Crippen LogP contribution < -0.4 is 5.73 Å². The second-order valence-corrected chi connectivity index (χ2v) is 2.70. The van der Waals surface area contributed by atoms with Crippen LogP contribution in [0.1, 0.15) is 11.1 Å². The van der Waals surface area contributed by atoms with Gasteiger partial charge in [0.15, 0.2) is 0 Å². The molecule has 3 heteroatoms. The molecule has 0 fully saturated rings. The molecular formula is C8H10ClNO. The molecular weight excluding hydrogens is 162 g/mol. The van der Waals surface area contributed by atoms with Crippen LogP contribution in [0.2, 0.25) is 5.02 Å². The van der Waals surface area contributed by atoms with Crippen LogP contribution in [0.5, 0.6) is 0 Å². The minimum atomic E-state index is -0.0350. The number of rotatable bonds is 2. The largest absolute Gasteiger partial charge is 0.392 e. The third-order valence-corrected chi connectivity index (χ3v) is 1.88. The van der Waals surface area contributed by atoms with Crippen molar-refractivity contribution in [2.24, 2.45) is 5.73 Å². The summed E-state index contributed by atoms with van der Waals surface area (Å²) in [5.74, 6) is 0. The molecule has 11 heavy (non-hydrogen) atoms. The summed E-state index contributed by atoms with van der Waals surface area (Å²) in [6, 6.07) is 5.40. The fourth-order valence-corrected chi connectivity index (χ4v) is 1.05. The third-order valence-electron chi connectivity index (χ3n) is 1.52. The van der Waals surface area contributed by atoms with Gasteiger partial charge in [-0.05, 0) is 17.2 Å². The van der Waals surface area contributed by atoms with E-state index in [-0.39, 0.29) is 6.61 Å². The lowest BCUT2D eigenvalue weighted by Gasteiger charge is -2.02. The Kier molecular flexibility index (Phi) is 2.88. The van der Waals surface area contributed by atoms with Gasteiger partial charge in [0.05, 0.1) is 6.61 Å². The normalized spacial score (nSPS) is 10.1. The molecule has 1 aromatic rings. The van der Waals surface area contributed by atoms with E-state index in [4.69, 9.17) is 22.4 Å². The van der Waals surface area contributed by atoms with Crippen molar-refractivity contribution in [3.63, 3.8) is 0 Å². The first-order valence-corrected chi connectivity index (χ1v) is 3.74. The summed E-state index contributed by atoms with van der Waals surface area (Å²) in [7, 11) is 0. The maximum absolute atomic E-state index is 8.81. The Labute approximate surface area is 70.6 Å². The second kappa shape index (κ2) is 3.72. The number of aliphatic hydroxyl groups excluding tert-OH is 1. The van der Waals surface area contributed by atoms with Crippen molar-refractivity contribution in [2.75, 3.05) is 0 Å². The number of benzene rings is 1. The highest BCUT2D eigenvalue weighted by atomic mass is 35.5. The van der Waals surface area contributed by atoms with Crippen molar-refractivity contribution in [2.45, 2.75) is 13.2 Å². The highest BCUT2D eigenvalue weighted by Crippen LogP contribution is 2.16. The van der Waals surface area contributed by atoms with E-state index in [0.29, 0.717) is 11.6 Å². The Bertz CT molecular complexity index is 250. The van der Waals surface area contributed by atoms with Gasteiger partial charge in [0.25, 0.3) is 0 Å². The SMILES string of the molecule is NCc1ccc(Cl)c(CO)c1. The summed E-state index contributed by atoms with van der Waals surface area (Å²) in [6.07, 6.45) is 0. The Balaban J connectivity index is 3.02. The molecule has 0 aromatic heterocycles. The predicted octanol–water partition coefficient (Wildman–Crippen LogP) is 1.29. The van der Waals surface area contributed by atoms with E-state index >= 15 is 0 Å². The van der Waals surface area contributed by atoms with E-state index < -0.39 is 0 Å². The van der Waals surface area contributed by atoms with Crippen LogP contribution in [0, 0.1) is 0 Å². The zero-order chi connectivity index (χ0) is 8.27. The zero-order valence-corrected chi connectivity index (χ0v) is 6.80. The zero-order valence-electron chi connectivity index (χ0n) is 6.05. The molecule has 0 aliphatic carbocycles. The Morgan fingerprint density at radius 2 is 2.18 bits per heavy atom. The van der Waals surface area contributed by atoms with Crippen molar-refractivity contribution in [1.29, 1.82) is 0 Å². The number of hydrogen-bond donors (Lipinski definition) is 2. The highest BCUT2D eigenvalue weighted by Gasteiger charge is 1.98. The average molecular weight is 172 g/mol. The second-order valence-electron chi connectivity index (χ2n) is 2.29. The molecule has 0 aliphatic heterocycles. The van der Waals surface area contributed by atoms with Crippen molar-refractivity contribution < 1.29 is 5.11 Å². The fraction of sp³-hybridized carbons (Fsp3) is 0.250. The molecule has 1 aromatic carbocycles. The first kappa shape index (κ1) is 8.53. The van der Waals surface area contributed by atoms with Crippen LogP contribution in [-0.2, 0) is 13.2 Å². The van der Waals surface area contributed by atoms with Gasteiger partial charge in [-0.1, -0.05) is 23.7 Å². The third kappa shape index (κ3) is 1.93. The quantitative estimate of drug-likeness (QED) is 0.705. The summed E-state index contributed by atoms with van der Waals surface area (Å²) in [5.41, 5.74) is 7.11. The van der Waals surface area contributed by atoms with Gasteiger partial charge in [-0.15, -0.1) is 0 Å². The van der Waals surface area contributed by atoms with Crippen molar-refractivity contribution in [1.82, 2.24) is 0 Å². The average Bonchev–Trinajstić information content (AvgIpc) is 2.05. The van der Waals surface area contributed by atoms with Crippen LogP contribution in [-0.4, -0.2) is 5.11 Å². The Hall–Kier alpha value is -0.570. The maximum Gasteiger partial charge on any atom is 0.0696 e. The molecule has 0 saturated carbocycles. The molecule has 0 bridgehead atoms. The summed E-state index contributed by atoms with van der Waals surface area (Å²) >= 11 is 5.75. The molecule has 0 amide bonds. The van der Waals surface area contributed by atoms with E-state index in [2.05, 4.69) is 0 Å². The molecule has 0 atom stereocenters. The van der Waals surface area contributed by atoms with Gasteiger partial charge in [-0.3, -0.25) is 0 Å². The van der Waals surface area contributed by atoms with E-state index in [1.807, 2.05) is 12.1 Å². The monoisotopic (exact) mass is 171 g/mol. The number of aliphatic hydroxyl groups is 1. The minimum Gasteiger partial charge on any atom is -0.392 e. The van der Waals surface area contributed by atoms with Gasteiger partial charge in [-0.25, -0.2) is 0 Å². The lowest BCUT2D eigenvalue weighted by atomic mass is 10.1. The molecule has 0 spiro atoms. The standard InChI is InChI=1S/C8H10ClNO/c9-8-2-1-6(4-10)3-7(8)5-11/h1-3,11H,4-5,10H2. The molecule has 60 valence electrons. The summed E-state index contributed by atoms with van der Waals surface area (Å²) < 4.78 is 0. The lowest BCUT2D eigenvalue weighted by molar-refractivity contribution is 0.282. The van der Waals surface area contributed by atoms with Gasteiger partial charge in [0.1, 0.15) is 0 Å². The van der Waals surface area contributed by atoms with Gasteiger partial charge in [0.2, 0.25) is 0 Å². The summed E-state index contributed by atoms with van der Waals surface area (Å²) in [4.78, 5) is 0. The molecule has 3 N–H and O–H groups in total. The number of halogens is 1. The van der Waals surface area contributed by atoms with Crippen molar-refractivity contribution in [3.05, 3.63) is 34.3 Å². The van der Waals surface area contributed by atoms with E-state index in [0.717, 1.165) is 11.1 Å². The Morgan fingerprint density at radius 3 is 2.73 bits per heavy atom. The van der Waals surface area contributed by atoms with E-state index in [1.165, 1.54) is 0 Å². The first-order valence-electron chi connectivity index (χ1n) is 3.36. The van der Waals surface area contributed by atoms with Crippen LogP contribution >= 0.6 is 11.6 Å². The number of hydrogen-bond acceptors (Lipinski definition) is 2. The molecule has 0 aliphatic rings. The maximum atomic E-state index is 8.81. The van der Waals surface area contributed by atoms with Gasteiger partial charge < -0.3 is 10.8 Å². The fourth-order valence-electron chi connectivity index (χ4n) is 0.876.